The Labute approximate surface area is 139 Å². The van der Waals surface area contributed by atoms with E-state index in [-0.39, 0.29) is 5.91 Å². The fourth-order valence-corrected chi connectivity index (χ4v) is 2.73. The maximum absolute atomic E-state index is 12.1. The predicted octanol–water partition coefficient (Wildman–Crippen LogP) is 4.16. The molecule has 0 fully saturated rings. The van der Waals surface area contributed by atoms with Gasteiger partial charge in [0.05, 0.1) is 10.0 Å². The van der Waals surface area contributed by atoms with Crippen LogP contribution in [0.5, 0.6) is 0 Å². The summed E-state index contributed by atoms with van der Waals surface area (Å²) < 4.78 is 0. The van der Waals surface area contributed by atoms with Crippen molar-refractivity contribution in [1.29, 1.82) is 0 Å². The Morgan fingerprint density at radius 3 is 2.55 bits per heavy atom. The molecule has 0 radical (unpaired) electrons. The molecule has 0 atom stereocenters. The van der Waals surface area contributed by atoms with Crippen LogP contribution in [-0.2, 0) is 0 Å². The van der Waals surface area contributed by atoms with E-state index >= 15 is 0 Å². The lowest BCUT2D eigenvalue weighted by Gasteiger charge is -2.02. The van der Waals surface area contributed by atoms with E-state index in [4.69, 9.17) is 23.2 Å². The minimum absolute atomic E-state index is 0.323. The van der Waals surface area contributed by atoms with Crippen molar-refractivity contribution in [1.82, 2.24) is 15.2 Å². The Balaban J connectivity index is 1.77. The molecule has 110 valence electrons. The molecule has 2 heterocycles. The lowest BCUT2D eigenvalue weighted by atomic mass is 10.2. The molecular formula is C14H8Cl2N4OS. The van der Waals surface area contributed by atoms with Crippen molar-refractivity contribution >= 4 is 45.6 Å². The number of anilines is 1. The van der Waals surface area contributed by atoms with Crippen LogP contribution in [0.3, 0.4) is 0 Å². The van der Waals surface area contributed by atoms with Gasteiger partial charge in [0.1, 0.15) is 5.01 Å². The van der Waals surface area contributed by atoms with Crippen LogP contribution in [0.2, 0.25) is 10.0 Å². The van der Waals surface area contributed by atoms with Gasteiger partial charge in [0.2, 0.25) is 5.13 Å². The first-order chi connectivity index (χ1) is 10.6. The molecule has 5 nitrogen and oxygen atoms in total. The quantitative estimate of drug-likeness (QED) is 0.769. The van der Waals surface area contributed by atoms with Crippen molar-refractivity contribution in [2.24, 2.45) is 0 Å². The van der Waals surface area contributed by atoms with E-state index in [1.165, 1.54) is 17.4 Å². The minimum atomic E-state index is -0.323. The Morgan fingerprint density at radius 1 is 1.05 bits per heavy atom. The van der Waals surface area contributed by atoms with Crippen LogP contribution in [-0.4, -0.2) is 21.1 Å². The fourth-order valence-electron chi connectivity index (χ4n) is 1.69. The molecule has 0 spiro atoms. The highest BCUT2D eigenvalue weighted by atomic mass is 35.5. The highest BCUT2D eigenvalue weighted by Gasteiger charge is 2.12. The van der Waals surface area contributed by atoms with E-state index < -0.39 is 0 Å². The number of nitrogens with one attached hydrogen (secondary N) is 1. The second-order valence-corrected chi connectivity index (χ2v) is 6.02. The van der Waals surface area contributed by atoms with Gasteiger partial charge in [-0.25, -0.2) is 0 Å². The Morgan fingerprint density at radius 2 is 1.82 bits per heavy atom. The molecule has 1 aromatic carbocycles. The average molecular weight is 351 g/mol. The maximum Gasteiger partial charge on any atom is 0.257 e. The lowest BCUT2D eigenvalue weighted by Crippen LogP contribution is -2.11. The van der Waals surface area contributed by atoms with Crippen LogP contribution in [0.15, 0.2) is 42.7 Å². The summed E-state index contributed by atoms with van der Waals surface area (Å²) in [6.45, 7) is 0. The number of hydrogen-bond acceptors (Lipinski definition) is 5. The monoisotopic (exact) mass is 350 g/mol. The van der Waals surface area contributed by atoms with Crippen LogP contribution >= 0.6 is 34.5 Å². The van der Waals surface area contributed by atoms with Gasteiger partial charge < -0.3 is 0 Å². The van der Waals surface area contributed by atoms with Gasteiger partial charge in [-0.15, -0.1) is 10.2 Å². The SMILES string of the molecule is O=C(Nc1nnc(-c2ccncc2)s1)c1ccc(Cl)c(Cl)c1. The molecular weight excluding hydrogens is 343 g/mol. The highest BCUT2D eigenvalue weighted by molar-refractivity contribution is 7.18. The topological polar surface area (TPSA) is 67.8 Å². The van der Waals surface area contributed by atoms with Crippen molar-refractivity contribution < 1.29 is 4.79 Å². The molecule has 2 aromatic heterocycles. The normalized spacial score (nSPS) is 10.5. The van der Waals surface area contributed by atoms with Gasteiger partial charge in [-0.3, -0.25) is 15.1 Å². The van der Waals surface area contributed by atoms with E-state index in [2.05, 4.69) is 20.5 Å². The van der Waals surface area contributed by atoms with Crippen molar-refractivity contribution in [3.63, 3.8) is 0 Å². The summed E-state index contributed by atoms with van der Waals surface area (Å²) in [5, 5.41) is 12.5. The first-order valence-corrected chi connectivity index (χ1v) is 7.71. The van der Waals surface area contributed by atoms with Gasteiger partial charge >= 0.3 is 0 Å². The molecule has 22 heavy (non-hydrogen) atoms. The first-order valence-electron chi connectivity index (χ1n) is 6.14. The predicted molar refractivity (Wildman–Crippen MR) is 87.6 cm³/mol. The minimum Gasteiger partial charge on any atom is -0.296 e. The van der Waals surface area contributed by atoms with Crippen LogP contribution in [0, 0.1) is 0 Å². The first kappa shape index (κ1) is 14.9. The standard InChI is InChI=1S/C14H8Cl2N4OS/c15-10-2-1-9(7-11(10)16)12(21)18-14-20-19-13(22-14)8-3-5-17-6-4-8/h1-7H,(H,18,20,21). The largest absolute Gasteiger partial charge is 0.296 e. The molecule has 0 aliphatic heterocycles. The molecule has 0 saturated heterocycles. The third-order valence-electron chi connectivity index (χ3n) is 2.75. The number of amides is 1. The van der Waals surface area contributed by atoms with Crippen LogP contribution in [0.4, 0.5) is 5.13 Å². The summed E-state index contributed by atoms with van der Waals surface area (Å²) in [5.41, 5.74) is 1.29. The van der Waals surface area contributed by atoms with Crippen LogP contribution in [0.25, 0.3) is 10.6 Å². The Bertz CT molecular complexity index is 823. The Hall–Kier alpha value is -2.02. The van der Waals surface area contributed by atoms with E-state index in [1.807, 2.05) is 12.1 Å². The van der Waals surface area contributed by atoms with Crippen LogP contribution < -0.4 is 5.32 Å². The van der Waals surface area contributed by atoms with E-state index in [1.54, 1.807) is 24.5 Å². The number of aromatic nitrogens is 3. The number of carbonyl (C=O) groups is 1. The smallest absolute Gasteiger partial charge is 0.257 e. The number of pyridine rings is 1. The molecule has 0 saturated carbocycles. The van der Waals surface area contributed by atoms with Crippen molar-refractivity contribution in [2.75, 3.05) is 5.32 Å². The van der Waals surface area contributed by atoms with Gasteiger partial charge in [-0.1, -0.05) is 34.5 Å². The molecule has 0 aliphatic rings. The van der Waals surface area contributed by atoms with Crippen molar-refractivity contribution in [3.8, 4) is 10.6 Å². The summed E-state index contributed by atoms with van der Waals surface area (Å²) in [5.74, 6) is -0.323. The summed E-state index contributed by atoms with van der Waals surface area (Å²) in [6.07, 6.45) is 3.34. The zero-order valence-corrected chi connectivity index (χ0v) is 13.3. The molecule has 0 aliphatic carbocycles. The summed E-state index contributed by atoms with van der Waals surface area (Å²) in [7, 11) is 0. The molecule has 3 rings (SSSR count). The average Bonchev–Trinajstić information content (AvgIpc) is 2.99. The van der Waals surface area contributed by atoms with E-state index in [0.29, 0.717) is 25.7 Å². The number of hydrogen-bond donors (Lipinski definition) is 1. The number of benzene rings is 1. The van der Waals surface area contributed by atoms with Crippen LogP contribution in [0.1, 0.15) is 10.4 Å². The van der Waals surface area contributed by atoms with Gasteiger partial charge in [-0.2, -0.15) is 0 Å². The van der Waals surface area contributed by atoms with E-state index in [9.17, 15) is 4.79 Å². The fraction of sp³-hybridized carbons (Fsp3) is 0. The highest BCUT2D eigenvalue weighted by Crippen LogP contribution is 2.27. The van der Waals surface area contributed by atoms with Crippen molar-refractivity contribution in [3.05, 3.63) is 58.3 Å². The molecule has 8 heteroatoms. The zero-order chi connectivity index (χ0) is 15.5. The summed E-state index contributed by atoms with van der Waals surface area (Å²) in [6, 6.07) is 8.32. The maximum atomic E-state index is 12.1. The van der Waals surface area contributed by atoms with E-state index in [0.717, 1.165) is 5.56 Å². The second-order valence-electron chi connectivity index (χ2n) is 4.23. The summed E-state index contributed by atoms with van der Waals surface area (Å²) >= 11 is 13.0. The second kappa shape index (κ2) is 6.39. The molecule has 0 bridgehead atoms. The number of nitrogens with zero attached hydrogens (tertiary/aromatic N) is 3. The Kier molecular flexibility index (Phi) is 4.33. The zero-order valence-electron chi connectivity index (χ0n) is 11.0. The molecule has 0 unspecified atom stereocenters. The third kappa shape index (κ3) is 3.24. The third-order valence-corrected chi connectivity index (χ3v) is 4.38. The number of rotatable bonds is 3. The van der Waals surface area contributed by atoms with Gasteiger partial charge in [0.15, 0.2) is 0 Å². The van der Waals surface area contributed by atoms with Gasteiger partial charge in [0, 0.05) is 23.5 Å². The number of halogens is 2. The molecule has 3 aromatic rings. The van der Waals surface area contributed by atoms with Gasteiger partial charge in [-0.05, 0) is 30.3 Å². The molecule has 1 amide bonds. The van der Waals surface area contributed by atoms with Gasteiger partial charge in [0.25, 0.3) is 5.91 Å². The summed E-state index contributed by atoms with van der Waals surface area (Å²) in [4.78, 5) is 16.1. The number of carbonyl (C=O) groups excluding carboxylic acids is 1. The lowest BCUT2D eigenvalue weighted by molar-refractivity contribution is 0.102. The van der Waals surface area contributed by atoms with Crippen molar-refractivity contribution in [2.45, 2.75) is 0 Å². The molecule has 1 N–H and O–H groups in total.